The number of aromatic amines is 1. The molecule has 1 aromatic carbocycles. The second-order valence-electron chi connectivity index (χ2n) is 8.47. The molecule has 0 spiro atoms. The summed E-state index contributed by atoms with van der Waals surface area (Å²) in [5.41, 5.74) is 2.14. The van der Waals surface area contributed by atoms with Gasteiger partial charge in [-0.25, -0.2) is 9.97 Å². The lowest BCUT2D eigenvalue weighted by atomic mass is 9.98. The molecule has 3 heterocycles. The van der Waals surface area contributed by atoms with E-state index in [1.54, 1.807) is 13.3 Å². The maximum absolute atomic E-state index is 13.3. The molecule has 0 radical (unpaired) electrons. The van der Waals surface area contributed by atoms with E-state index >= 15 is 0 Å². The van der Waals surface area contributed by atoms with Crippen LogP contribution in [-0.4, -0.2) is 33.9 Å². The summed E-state index contributed by atoms with van der Waals surface area (Å²) < 4.78 is 39.8. The van der Waals surface area contributed by atoms with E-state index in [0.29, 0.717) is 30.4 Å². The topological polar surface area (TPSA) is 73.9 Å². The third-order valence-corrected chi connectivity index (χ3v) is 6.12. The molecular formula is C23H26F3N5O. The zero-order valence-corrected chi connectivity index (χ0v) is 18.0. The molecule has 0 bridgehead atoms. The van der Waals surface area contributed by atoms with Crippen molar-refractivity contribution in [2.75, 3.05) is 18.0 Å². The molecule has 32 heavy (non-hydrogen) atoms. The molecule has 3 aromatic rings. The molecule has 1 aliphatic rings. The molecule has 1 aliphatic heterocycles. The molecule has 2 N–H and O–H groups in total. The monoisotopic (exact) mass is 445 g/mol. The van der Waals surface area contributed by atoms with Crippen molar-refractivity contribution in [1.82, 2.24) is 20.3 Å². The number of hydrogen-bond donors (Lipinski definition) is 2. The molecule has 1 atom stereocenters. The Hall–Kier alpha value is -3.10. The number of carbonyl (C=O) groups is 1. The van der Waals surface area contributed by atoms with Crippen LogP contribution >= 0.6 is 0 Å². The van der Waals surface area contributed by atoms with Gasteiger partial charge in [0.1, 0.15) is 11.5 Å². The second-order valence-corrected chi connectivity index (χ2v) is 8.47. The van der Waals surface area contributed by atoms with Gasteiger partial charge in [-0.15, -0.1) is 0 Å². The van der Waals surface area contributed by atoms with E-state index in [0.717, 1.165) is 35.5 Å². The maximum Gasteiger partial charge on any atom is 0.433 e. The van der Waals surface area contributed by atoms with Gasteiger partial charge in [-0.2, -0.15) is 13.2 Å². The van der Waals surface area contributed by atoms with Crippen LogP contribution < -0.4 is 10.2 Å². The Kier molecular flexibility index (Phi) is 6.08. The molecule has 6 nitrogen and oxygen atoms in total. The Bertz CT molecular complexity index is 1100. The largest absolute Gasteiger partial charge is 0.433 e. The summed E-state index contributed by atoms with van der Waals surface area (Å²) >= 11 is 0. The number of aromatic nitrogens is 3. The SMILES string of the molecule is CC1CCN(c2nc(C(F)(F)F)ccc2CNC(=O)C(C)c2ccc3[nH]cnc3c2)CC1. The van der Waals surface area contributed by atoms with Crippen LogP contribution in [0.5, 0.6) is 0 Å². The smallest absolute Gasteiger partial charge is 0.356 e. The van der Waals surface area contributed by atoms with Crippen molar-refractivity contribution in [3.8, 4) is 0 Å². The van der Waals surface area contributed by atoms with Crippen molar-refractivity contribution < 1.29 is 18.0 Å². The van der Waals surface area contributed by atoms with E-state index < -0.39 is 17.8 Å². The number of piperidine rings is 1. The lowest BCUT2D eigenvalue weighted by Gasteiger charge is -2.33. The van der Waals surface area contributed by atoms with Gasteiger partial charge in [0.15, 0.2) is 0 Å². The van der Waals surface area contributed by atoms with Crippen molar-refractivity contribution in [2.24, 2.45) is 5.92 Å². The first-order valence-corrected chi connectivity index (χ1v) is 10.7. The van der Waals surface area contributed by atoms with Crippen LogP contribution in [0.25, 0.3) is 11.0 Å². The number of nitrogens with zero attached hydrogens (tertiary/aromatic N) is 3. The summed E-state index contributed by atoms with van der Waals surface area (Å²) in [5.74, 6) is 0.196. The van der Waals surface area contributed by atoms with E-state index in [4.69, 9.17) is 0 Å². The van der Waals surface area contributed by atoms with Gasteiger partial charge in [0.05, 0.1) is 23.3 Å². The van der Waals surface area contributed by atoms with Crippen LogP contribution in [0.1, 0.15) is 49.4 Å². The molecule has 4 rings (SSSR count). The zero-order valence-electron chi connectivity index (χ0n) is 18.0. The third-order valence-electron chi connectivity index (χ3n) is 6.12. The maximum atomic E-state index is 13.3. The summed E-state index contributed by atoms with van der Waals surface area (Å²) in [6.45, 7) is 5.34. The molecule has 0 aliphatic carbocycles. The number of pyridine rings is 1. The van der Waals surface area contributed by atoms with Gasteiger partial charge in [-0.05, 0) is 49.4 Å². The fourth-order valence-electron chi connectivity index (χ4n) is 3.97. The molecule has 0 saturated carbocycles. The van der Waals surface area contributed by atoms with Crippen LogP contribution in [0.15, 0.2) is 36.7 Å². The Morgan fingerprint density at radius 1 is 1.25 bits per heavy atom. The average molecular weight is 445 g/mol. The quantitative estimate of drug-likeness (QED) is 0.601. The summed E-state index contributed by atoms with van der Waals surface area (Å²) in [4.78, 5) is 25.9. The highest BCUT2D eigenvalue weighted by atomic mass is 19.4. The fraction of sp³-hybridized carbons (Fsp3) is 0.435. The van der Waals surface area contributed by atoms with Gasteiger partial charge in [0, 0.05) is 25.2 Å². The highest BCUT2D eigenvalue weighted by Crippen LogP contribution is 2.32. The fourth-order valence-corrected chi connectivity index (χ4v) is 3.97. The Labute approximate surface area is 184 Å². The molecule has 170 valence electrons. The van der Waals surface area contributed by atoms with Crippen LogP contribution in [-0.2, 0) is 17.5 Å². The van der Waals surface area contributed by atoms with Crippen LogP contribution in [0.2, 0.25) is 0 Å². The normalized spacial score (nSPS) is 16.3. The van der Waals surface area contributed by atoms with Gasteiger partial charge >= 0.3 is 6.18 Å². The minimum absolute atomic E-state index is 0.111. The number of carbonyl (C=O) groups excluding carboxylic acids is 1. The van der Waals surface area contributed by atoms with Gasteiger partial charge in [0.2, 0.25) is 5.91 Å². The van der Waals surface area contributed by atoms with E-state index in [1.165, 1.54) is 6.07 Å². The first kappa shape index (κ1) is 22.1. The highest BCUT2D eigenvalue weighted by molar-refractivity contribution is 5.85. The van der Waals surface area contributed by atoms with E-state index in [1.807, 2.05) is 23.1 Å². The molecule has 9 heteroatoms. The summed E-state index contributed by atoms with van der Waals surface area (Å²) in [6.07, 6.45) is -1.12. The molecule has 1 amide bonds. The van der Waals surface area contributed by atoms with Crippen molar-refractivity contribution in [3.63, 3.8) is 0 Å². The van der Waals surface area contributed by atoms with Gasteiger partial charge in [0.25, 0.3) is 0 Å². The Morgan fingerprint density at radius 3 is 2.72 bits per heavy atom. The highest BCUT2D eigenvalue weighted by Gasteiger charge is 2.34. The van der Waals surface area contributed by atoms with Crippen LogP contribution in [0.3, 0.4) is 0 Å². The van der Waals surface area contributed by atoms with Crippen molar-refractivity contribution in [2.45, 2.75) is 45.3 Å². The van der Waals surface area contributed by atoms with E-state index in [-0.39, 0.29) is 12.5 Å². The zero-order chi connectivity index (χ0) is 22.9. The number of amides is 1. The van der Waals surface area contributed by atoms with Gasteiger partial charge < -0.3 is 15.2 Å². The van der Waals surface area contributed by atoms with E-state index in [2.05, 4.69) is 27.2 Å². The van der Waals surface area contributed by atoms with Crippen molar-refractivity contribution >= 4 is 22.8 Å². The van der Waals surface area contributed by atoms with E-state index in [9.17, 15) is 18.0 Å². The van der Waals surface area contributed by atoms with Gasteiger partial charge in [-0.3, -0.25) is 4.79 Å². The summed E-state index contributed by atoms with van der Waals surface area (Å²) in [6, 6.07) is 7.99. The lowest BCUT2D eigenvalue weighted by molar-refractivity contribution is -0.141. The summed E-state index contributed by atoms with van der Waals surface area (Å²) in [7, 11) is 0. The number of rotatable bonds is 5. The first-order chi connectivity index (χ1) is 15.2. The van der Waals surface area contributed by atoms with Gasteiger partial charge in [-0.1, -0.05) is 19.1 Å². The number of halogens is 3. The lowest BCUT2D eigenvalue weighted by Crippen LogP contribution is -2.35. The molecule has 1 saturated heterocycles. The third kappa shape index (κ3) is 4.71. The summed E-state index contributed by atoms with van der Waals surface area (Å²) in [5, 5.41) is 2.87. The first-order valence-electron chi connectivity index (χ1n) is 10.7. The number of alkyl halides is 3. The number of anilines is 1. The van der Waals surface area contributed by atoms with Crippen LogP contribution in [0.4, 0.5) is 19.0 Å². The Morgan fingerprint density at radius 2 is 2.00 bits per heavy atom. The standard InChI is InChI=1S/C23H26F3N5O/c1-14-7-9-31(10-8-14)21-17(4-6-20(30-21)23(24,25)26)12-27-22(32)15(2)16-3-5-18-19(11-16)29-13-28-18/h3-6,11,13-15H,7-10,12H2,1-2H3,(H,27,32)(H,28,29). The minimum atomic E-state index is -4.51. The number of nitrogens with one attached hydrogen (secondary N) is 2. The minimum Gasteiger partial charge on any atom is -0.356 e. The molecule has 1 fully saturated rings. The van der Waals surface area contributed by atoms with Crippen LogP contribution in [0, 0.1) is 5.92 Å². The average Bonchev–Trinajstić information content (AvgIpc) is 3.24. The number of benzene rings is 1. The second kappa shape index (κ2) is 8.80. The number of imidazole rings is 1. The predicted octanol–water partition coefficient (Wildman–Crippen LogP) is 4.63. The molecular weight excluding hydrogens is 419 g/mol. The number of H-pyrrole nitrogens is 1. The molecule has 2 aromatic heterocycles. The van der Waals surface area contributed by atoms with Crippen molar-refractivity contribution in [1.29, 1.82) is 0 Å². The number of hydrogen-bond acceptors (Lipinski definition) is 4. The number of fused-ring (bicyclic) bond motifs is 1. The Balaban J connectivity index is 1.51. The van der Waals surface area contributed by atoms with Crippen molar-refractivity contribution in [3.05, 3.63) is 53.5 Å². The predicted molar refractivity (Wildman–Crippen MR) is 116 cm³/mol. The molecule has 1 unspecified atom stereocenters.